The van der Waals surface area contributed by atoms with Gasteiger partial charge in [-0.25, -0.2) is 9.97 Å². The van der Waals surface area contributed by atoms with E-state index in [-0.39, 0.29) is 0 Å². The van der Waals surface area contributed by atoms with Crippen LogP contribution in [0.15, 0.2) is 48.5 Å². The smallest absolute Gasteiger partial charge is 0.250 e. The molecule has 31 heavy (non-hydrogen) atoms. The molecule has 4 aromatic rings. The Bertz CT molecular complexity index is 1250. The summed E-state index contributed by atoms with van der Waals surface area (Å²) in [6.07, 6.45) is 1.46. The number of H-pyrrole nitrogens is 1. The number of nitrogens with zero attached hydrogens (tertiary/aromatic N) is 3. The molecule has 0 radical (unpaired) electrons. The Labute approximate surface area is 178 Å². The fraction of sp³-hybridized carbons (Fsp3) is 0.217. The predicted octanol–water partition coefficient (Wildman–Crippen LogP) is 2.85. The molecule has 3 heterocycles. The molecule has 156 valence electrons. The van der Waals surface area contributed by atoms with Crippen LogP contribution in [0.3, 0.4) is 0 Å². The maximum atomic E-state index is 11.8. The number of carbonyl (C=O) groups is 1. The third-order valence-electron chi connectivity index (χ3n) is 5.45. The number of carbonyl (C=O) groups excluding carboxylic acids is 1. The van der Waals surface area contributed by atoms with Gasteiger partial charge in [0.25, 0.3) is 5.91 Å². The van der Waals surface area contributed by atoms with Crippen LogP contribution in [-0.2, 0) is 24.1 Å². The molecule has 0 aliphatic carbocycles. The molecular weight excluding hydrogens is 392 g/mol. The van der Waals surface area contributed by atoms with Crippen molar-refractivity contribution in [1.82, 2.24) is 20.2 Å². The van der Waals surface area contributed by atoms with Crippen LogP contribution in [0.4, 0.5) is 5.82 Å². The zero-order chi connectivity index (χ0) is 21.2. The molecule has 0 saturated carbocycles. The summed E-state index contributed by atoms with van der Waals surface area (Å²) in [5.41, 5.74) is 10.3. The summed E-state index contributed by atoms with van der Waals surface area (Å²) in [4.78, 5) is 21.4. The van der Waals surface area contributed by atoms with Crippen LogP contribution in [0, 0.1) is 0 Å². The second-order valence-corrected chi connectivity index (χ2v) is 7.44. The third-order valence-corrected chi connectivity index (χ3v) is 5.45. The Morgan fingerprint density at radius 3 is 2.74 bits per heavy atom. The molecule has 0 fully saturated rings. The van der Waals surface area contributed by atoms with Gasteiger partial charge in [-0.2, -0.15) is 5.10 Å². The Balaban J connectivity index is 1.59. The maximum Gasteiger partial charge on any atom is 0.250 e. The van der Waals surface area contributed by atoms with Gasteiger partial charge in [-0.3, -0.25) is 9.89 Å². The number of ether oxygens (including phenoxy) is 1. The first-order valence-corrected chi connectivity index (χ1v) is 10.2. The largest absolute Gasteiger partial charge is 0.381 e. The van der Waals surface area contributed by atoms with Crippen LogP contribution in [0.5, 0.6) is 0 Å². The van der Waals surface area contributed by atoms with Crippen molar-refractivity contribution in [2.24, 2.45) is 5.73 Å². The molecule has 1 aliphatic heterocycles. The van der Waals surface area contributed by atoms with Gasteiger partial charge in [0, 0.05) is 30.3 Å². The third kappa shape index (κ3) is 3.73. The van der Waals surface area contributed by atoms with Gasteiger partial charge in [0.1, 0.15) is 11.5 Å². The lowest BCUT2D eigenvalue weighted by molar-refractivity contribution is 0.100. The van der Waals surface area contributed by atoms with Crippen LogP contribution in [-0.4, -0.2) is 39.3 Å². The minimum atomic E-state index is -0.508. The van der Waals surface area contributed by atoms with Gasteiger partial charge >= 0.3 is 0 Å². The van der Waals surface area contributed by atoms with Gasteiger partial charge in [0.05, 0.1) is 30.0 Å². The summed E-state index contributed by atoms with van der Waals surface area (Å²) >= 11 is 0. The molecule has 0 bridgehead atoms. The Kier molecular flexibility index (Phi) is 5.05. The molecule has 5 rings (SSSR count). The number of hydrogen-bond donors (Lipinski definition) is 3. The quantitative estimate of drug-likeness (QED) is 0.462. The van der Waals surface area contributed by atoms with Crippen LogP contribution in [0.1, 0.15) is 27.2 Å². The van der Waals surface area contributed by atoms with Crippen molar-refractivity contribution in [2.75, 3.05) is 18.5 Å². The molecule has 2 aromatic heterocycles. The van der Waals surface area contributed by atoms with Crippen molar-refractivity contribution in [2.45, 2.75) is 19.4 Å². The highest BCUT2D eigenvalue weighted by Crippen LogP contribution is 2.29. The van der Waals surface area contributed by atoms with Crippen LogP contribution < -0.4 is 11.1 Å². The summed E-state index contributed by atoms with van der Waals surface area (Å²) in [6, 6.07) is 15.5. The van der Waals surface area contributed by atoms with E-state index in [0.29, 0.717) is 48.8 Å². The number of nitrogens with one attached hydrogen (secondary N) is 2. The van der Waals surface area contributed by atoms with Crippen molar-refractivity contribution < 1.29 is 9.53 Å². The molecule has 8 nitrogen and oxygen atoms in total. The summed E-state index contributed by atoms with van der Waals surface area (Å²) in [7, 11) is 0. The van der Waals surface area contributed by atoms with Crippen molar-refractivity contribution in [1.29, 1.82) is 0 Å². The van der Waals surface area contributed by atoms with Gasteiger partial charge in [-0.05, 0) is 11.6 Å². The number of hydrogen-bond acceptors (Lipinski definition) is 6. The average Bonchev–Trinajstić information content (AvgIpc) is 3.08. The van der Waals surface area contributed by atoms with Crippen molar-refractivity contribution in [3.05, 3.63) is 70.9 Å². The first-order chi connectivity index (χ1) is 15.2. The normalized spacial score (nSPS) is 13.5. The highest BCUT2D eigenvalue weighted by molar-refractivity contribution is 6.07. The monoisotopic (exact) mass is 414 g/mol. The minimum Gasteiger partial charge on any atom is -0.381 e. The lowest BCUT2D eigenvalue weighted by Gasteiger charge is -2.14. The van der Waals surface area contributed by atoms with Gasteiger partial charge in [0.15, 0.2) is 5.82 Å². The van der Waals surface area contributed by atoms with E-state index in [1.54, 1.807) is 12.1 Å². The van der Waals surface area contributed by atoms with Crippen molar-refractivity contribution in [3.63, 3.8) is 0 Å². The van der Waals surface area contributed by atoms with E-state index in [1.165, 1.54) is 0 Å². The lowest BCUT2D eigenvalue weighted by atomic mass is 10.1. The van der Waals surface area contributed by atoms with E-state index in [0.717, 1.165) is 34.4 Å². The molecule has 8 heteroatoms. The van der Waals surface area contributed by atoms with Gasteiger partial charge in [-0.15, -0.1) is 0 Å². The molecule has 0 spiro atoms. The molecule has 1 amide bonds. The van der Waals surface area contributed by atoms with E-state index in [4.69, 9.17) is 20.4 Å². The molecule has 2 aromatic carbocycles. The number of primary amides is 1. The standard InChI is InChI=1S/C23H22N6O2/c24-21(30)17-8-4-7-16-19(17)28-29-20(16)23-26-18-10-12-31-11-9-15(18)22(27-23)25-13-14-5-2-1-3-6-14/h1-8H,9-13H2,(H2,24,30)(H,28,29)(H,25,26,27). The van der Waals surface area contributed by atoms with Gasteiger partial charge < -0.3 is 15.8 Å². The maximum absolute atomic E-state index is 11.8. The second kappa shape index (κ2) is 8.16. The Morgan fingerprint density at radius 1 is 1.06 bits per heavy atom. The summed E-state index contributed by atoms with van der Waals surface area (Å²) < 4.78 is 5.67. The Morgan fingerprint density at radius 2 is 1.90 bits per heavy atom. The van der Waals surface area contributed by atoms with E-state index in [9.17, 15) is 4.79 Å². The number of aromatic amines is 1. The fourth-order valence-corrected chi connectivity index (χ4v) is 3.90. The topological polar surface area (TPSA) is 119 Å². The first-order valence-electron chi connectivity index (χ1n) is 10.2. The molecule has 0 unspecified atom stereocenters. The lowest BCUT2D eigenvalue weighted by Crippen LogP contribution is -2.11. The van der Waals surface area contributed by atoms with E-state index in [2.05, 4.69) is 27.6 Å². The summed E-state index contributed by atoms with van der Waals surface area (Å²) in [5, 5.41) is 11.6. The molecule has 4 N–H and O–H groups in total. The number of benzene rings is 2. The van der Waals surface area contributed by atoms with E-state index < -0.39 is 5.91 Å². The first kappa shape index (κ1) is 19.2. The highest BCUT2D eigenvalue weighted by atomic mass is 16.5. The number of fused-ring (bicyclic) bond motifs is 2. The molecule has 0 saturated heterocycles. The number of rotatable bonds is 5. The molecule has 0 atom stereocenters. The van der Waals surface area contributed by atoms with Crippen molar-refractivity contribution >= 4 is 22.6 Å². The fourth-order valence-electron chi connectivity index (χ4n) is 3.90. The van der Waals surface area contributed by atoms with Crippen LogP contribution in [0.25, 0.3) is 22.4 Å². The summed E-state index contributed by atoms with van der Waals surface area (Å²) in [6.45, 7) is 1.91. The number of amides is 1. The molecular formula is C23H22N6O2. The van der Waals surface area contributed by atoms with Crippen molar-refractivity contribution in [3.8, 4) is 11.5 Å². The highest BCUT2D eigenvalue weighted by Gasteiger charge is 2.21. The van der Waals surface area contributed by atoms with Crippen LogP contribution in [0.2, 0.25) is 0 Å². The van der Waals surface area contributed by atoms with Crippen LogP contribution >= 0.6 is 0 Å². The average molecular weight is 414 g/mol. The second-order valence-electron chi connectivity index (χ2n) is 7.44. The molecule has 1 aliphatic rings. The SMILES string of the molecule is NC(=O)c1cccc2c(-c3nc4c(c(NCc5ccccc5)n3)CCOCC4)n[nH]c12. The van der Waals surface area contributed by atoms with Gasteiger partial charge in [-0.1, -0.05) is 42.5 Å². The Hall–Kier alpha value is -3.78. The number of nitrogens with two attached hydrogens (primary N) is 1. The number of aromatic nitrogens is 4. The minimum absolute atomic E-state index is 0.391. The number of anilines is 1. The summed E-state index contributed by atoms with van der Waals surface area (Å²) in [5.74, 6) is 0.784. The van der Waals surface area contributed by atoms with E-state index in [1.807, 2.05) is 24.3 Å². The van der Waals surface area contributed by atoms with E-state index >= 15 is 0 Å². The van der Waals surface area contributed by atoms with Gasteiger partial charge in [0.2, 0.25) is 0 Å². The zero-order valence-electron chi connectivity index (χ0n) is 16.9. The zero-order valence-corrected chi connectivity index (χ0v) is 16.9. The number of para-hydroxylation sites is 1. The predicted molar refractivity (Wildman–Crippen MR) is 118 cm³/mol.